The smallest absolute Gasteiger partial charge is 0.166 e. The van der Waals surface area contributed by atoms with Gasteiger partial charge in [0.15, 0.2) is 5.11 Å². The molecule has 1 aromatic carbocycles. The van der Waals surface area contributed by atoms with Crippen LogP contribution in [-0.2, 0) is 6.54 Å². The second-order valence-electron chi connectivity index (χ2n) is 4.16. The summed E-state index contributed by atoms with van der Waals surface area (Å²) >= 11 is 5.17. The Bertz CT molecular complexity index is 408. The fraction of sp³-hybridized carbons (Fsp3) is 0.462. The summed E-state index contributed by atoms with van der Waals surface area (Å²) in [6.45, 7) is 4.70. The zero-order valence-corrected chi connectivity index (χ0v) is 12.1. The van der Waals surface area contributed by atoms with Gasteiger partial charge in [-0.1, -0.05) is 0 Å². The summed E-state index contributed by atoms with van der Waals surface area (Å²) in [5.74, 6) is 1.56. The van der Waals surface area contributed by atoms with E-state index in [4.69, 9.17) is 21.7 Å². The van der Waals surface area contributed by atoms with Crippen molar-refractivity contribution in [3.05, 3.63) is 23.8 Å². The molecule has 100 valence electrons. The first-order valence-corrected chi connectivity index (χ1v) is 6.23. The number of hydrogen-bond donors (Lipinski definition) is 2. The van der Waals surface area contributed by atoms with Gasteiger partial charge < -0.3 is 20.1 Å². The summed E-state index contributed by atoms with van der Waals surface area (Å²) in [6.07, 6.45) is 0. The molecular formula is C13H20N2O2S. The molecule has 0 spiro atoms. The summed E-state index contributed by atoms with van der Waals surface area (Å²) in [7, 11) is 3.28. The van der Waals surface area contributed by atoms with Crippen molar-refractivity contribution in [2.75, 3.05) is 14.2 Å². The number of methoxy groups -OCH3 is 2. The van der Waals surface area contributed by atoms with E-state index in [0.29, 0.717) is 17.7 Å². The Morgan fingerprint density at radius 2 is 2.00 bits per heavy atom. The van der Waals surface area contributed by atoms with Crippen molar-refractivity contribution in [3.63, 3.8) is 0 Å². The summed E-state index contributed by atoms with van der Waals surface area (Å²) < 4.78 is 10.5. The number of nitrogens with one attached hydrogen (secondary N) is 2. The van der Waals surface area contributed by atoms with E-state index in [1.165, 1.54) is 0 Å². The molecule has 4 nitrogen and oxygen atoms in total. The highest BCUT2D eigenvalue weighted by molar-refractivity contribution is 7.80. The third-order valence-corrected chi connectivity index (χ3v) is 2.62. The first-order chi connectivity index (χ1) is 8.56. The SMILES string of the molecule is COc1ccc(CNC(=S)NC(C)C)c(OC)c1. The largest absolute Gasteiger partial charge is 0.497 e. The van der Waals surface area contributed by atoms with Gasteiger partial charge in [-0.15, -0.1) is 0 Å². The van der Waals surface area contributed by atoms with Crippen LogP contribution in [0.3, 0.4) is 0 Å². The Labute approximate surface area is 114 Å². The molecule has 0 aliphatic carbocycles. The molecule has 0 aliphatic rings. The minimum atomic E-state index is 0.322. The molecule has 2 N–H and O–H groups in total. The Morgan fingerprint density at radius 1 is 1.28 bits per heavy atom. The van der Waals surface area contributed by atoms with E-state index >= 15 is 0 Å². The van der Waals surface area contributed by atoms with Crippen molar-refractivity contribution < 1.29 is 9.47 Å². The van der Waals surface area contributed by atoms with Crippen molar-refractivity contribution in [1.29, 1.82) is 0 Å². The molecule has 0 heterocycles. The topological polar surface area (TPSA) is 42.5 Å². The predicted octanol–water partition coefficient (Wildman–Crippen LogP) is 2.08. The van der Waals surface area contributed by atoms with Crippen molar-refractivity contribution >= 4 is 17.3 Å². The van der Waals surface area contributed by atoms with Gasteiger partial charge in [-0.2, -0.15) is 0 Å². The average molecular weight is 268 g/mol. The van der Waals surface area contributed by atoms with Crippen LogP contribution >= 0.6 is 12.2 Å². The maximum absolute atomic E-state index is 5.32. The first kappa shape index (κ1) is 14.6. The monoisotopic (exact) mass is 268 g/mol. The highest BCUT2D eigenvalue weighted by Gasteiger charge is 2.06. The van der Waals surface area contributed by atoms with Crippen molar-refractivity contribution in [2.45, 2.75) is 26.4 Å². The normalized spacial score (nSPS) is 10.1. The summed E-state index contributed by atoms with van der Waals surface area (Å²) in [4.78, 5) is 0. The maximum Gasteiger partial charge on any atom is 0.166 e. The molecule has 1 rings (SSSR count). The van der Waals surface area contributed by atoms with Gasteiger partial charge >= 0.3 is 0 Å². The van der Waals surface area contributed by atoms with Crippen molar-refractivity contribution in [3.8, 4) is 11.5 Å². The third-order valence-electron chi connectivity index (χ3n) is 2.35. The van der Waals surface area contributed by atoms with Gasteiger partial charge in [0.1, 0.15) is 11.5 Å². The minimum absolute atomic E-state index is 0.322. The van der Waals surface area contributed by atoms with E-state index in [-0.39, 0.29) is 0 Å². The van der Waals surface area contributed by atoms with E-state index in [1.807, 2.05) is 32.0 Å². The molecule has 0 amide bonds. The summed E-state index contributed by atoms with van der Waals surface area (Å²) in [5.41, 5.74) is 1.03. The number of benzene rings is 1. The van der Waals surface area contributed by atoms with Crippen LogP contribution in [0, 0.1) is 0 Å². The van der Waals surface area contributed by atoms with E-state index < -0.39 is 0 Å². The van der Waals surface area contributed by atoms with Crippen molar-refractivity contribution in [2.24, 2.45) is 0 Å². The molecule has 5 heteroatoms. The van der Waals surface area contributed by atoms with Gasteiger partial charge in [0.25, 0.3) is 0 Å². The number of rotatable bonds is 5. The standard InChI is InChI=1S/C13H20N2O2S/c1-9(2)15-13(18)14-8-10-5-6-11(16-3)7-12(10)17-4/h5-7,9H,8H2,1-4H3,(H2,14,15,18). The molecule has 0 saturated carbocycles. The second-order valence-corrected chi connectivity index (χ2v) is 4.57. The third kappa shape index (κ3) is 4.41. The van der Waals surface area contributed by atoms with Crippen LogP contribution < -0.4 is 20.1 Å². The highest BCUT2D eigenvalue weighted by Crippen LogP contribution is 2.24. The lowest BCUT2D eigenvalue weighted by atomic mass is 10.2. The lowest BCUT2D eigenvalue weighted by Crippen LogP contribution is -2.38. The van der Waals surface area contributed by atoms with Crippen LogP contribution in [0.25, 0.3) is 0 Å². The van der Waals surface area contributed by atoms with Gasteiger partial charge in [-0.3, -0.25) is 0 Å². The summed E-state index contributed by atoms with van der Waals surface area (Å²) in [5, 5.41) is 6.91. The number of hydrogen-bond acceptors (Lipinski definition) is 3. The number of ether oxygens (including phenoxy) is 2. The average Bonchev–Trinajstić information content (AvgIpc) is 2.35. The lowest BCUT2D eigenvalue weighted by molar-refractivity contribution is 0.390. The molecule has 0 bridgehead atoms. The fourth-order valence-corrected chi connectivity index (χ4v) is 1.79. The molecule has 0 saturated heterocycles. The van der Waals surface area contributed by atoms with Crippen LogP contribution in [0.4, 0.5) is 0 Å². The molecular weight excluding hydrogens is 248 g/mol. The van der Waals surface area contributed by atoms with Crippen LogP contribution in [0.1, 0.15) is 19.4 Å². The van der Waals surface area contributed by atoms with Gasteiger partial charge in [-0.25, -0.2) is 0 Å². The lowest BCUT2D eigenvalue weighted by Gasteiger charge is -2.15. The predicted molar refractivity (Wildman–Crippen MR) is 77.3 cm³/mol. The Kier molecular flexibility index (Phi) is 5.71. The molecule has 0 aliphatic heterocycles. The number of thiocarbonyl (C=S) groups is 1. The van der Waals surface area contributed by atoms with Crippen LogP contribution in [0.15, 0.2) is 18.2 Å². The quantitative estimate of drug-likeness (QED) is 0.800. The second kappa shape index (κ2) is 7.06. The minimum Gasteiger partial charge on any atom is -0.497 e. The van der Waals surface area contributed by atoms with Crippen LogP contribution in [-0.4, -0.2) is 25.4 Å². The zero-order chi connectivity index (χ0) is 13.5. The molecule has 0 aromatic heterocycles. The fourth-order valence-electron chi connectivity index (χ4n) is 1.49. The van der Waals surface area contributed by atoms with Gasteiger partial charge in [0.05, 0.1) is 14.2 Å². The van der Waals surface area contributed by atoms with Crippen molar-refractivity contribution in [1.82, 2.24) is 10.6 Å². The Morgan fingerprint density at radius 3 is 2.56 bits per heavy atom. The molecule has 18 heavy (non-hydrogen) atoms. The maximum atomic E-state index is 5.32. The van der Waals surface area contributed by atoms with Gasteiger partial charge in [0.2, 0.25) is 0 Å². The Hall–Kier alpha value is -1.49. The van der Waals surface area contributed by atoms with Gasteiger partial charge in [-0.05, 0) is 38.2 Å². The van der Waals surface area contributed by atoms with Crippen LogP contribution in [0.2, 0.25) is 0 Å². The molecule has 0 radical (unpaired) electrons. The molecule has 0 unspecified atom stereocenters. The first-order valence-electron chi connectivity index (χ1n) is 5.82. The molecule has 0 fully saturated rings. The Balaban J connectivity index is 2.64. The van der Waals surface area contributed by atoms with E-state index in [9.17, 15) is 0 Å². The highest BCUT2D eigenvalue weighted by atomic mass is 32.1. The molecule has 1 aromatic rings. The van der Waals surface area contributed by atoms with E-state index in [2.05, 4.69) is 10.6 Å². The summed E-state index contributed by atoms with van der Waals surface area (Å²) in [6, 6.07) is 6.04. The van der Waals surface area contributed by atoms with Crippen LogP contribution in [0.5, 0.6) is 11.5 Å². The molecule has 0 atom stereocenters. The zero-order valence-electron chi connectivity index (χ0n) is 11.2. The van der Waals surface area contributed by atoms with E-state index in [0.717, 1.165) is 17.1 Å². The van der Waals surface area contributed by atoms with E-state index in [1.54, 1.807) is 14.2 Å². The van der Waals surface area contributed by atoms with Gasteiger partial charge in [0, 0.05) is 24.2 Å².